The summed E-state index contributed by atoms with van der Waals surface area (Å²) in [5.41, 5.74) is 1.50. The molecule has 0 spiro atoms. The monoisotopic (exact) mass is 493 g/mol. The van der Waals surface area contributed by atoms with E-state index in [0.717, 1.165) is 16.5 Å². The van der Waals surface area contributed by atoms with Crippen molar-refractivity contribution in [3.63, 3.8) is 0 Å². The fourth-order valence-electron chi connectivity index (χ4n) is 6.28. The molecule has 5 rings (SSSR count). The van der Waals surface area contributed by atoms with Crippen LogP contribution in [-0.4, -0.2) is 44.5 Å². The highest BCUT2D eigenvalue weighted by Gasteiger charge is 2.62. The fourth-order valence-corrected chi connectivity index (χ4v) is 6.28. The molecule has 1 aromatic heterocycles. The maximum atomic E-state index is 13.5. The van der Waals surface area contributed by atoms with Crippen molar-refractivity contribution >= 4 is 16.9 Å². The number of esters is 1. The topological polar surface area (TPSA) is 96.1 Å². The largest absolute Gasteiger partial charge is 0.493 e. The summed E-state index contributed by atoms with van der Waals surface area (Å²) in [6.07, 6.45) is 0. The summed E-state index contributed by atoms with van der Waals surface area (Å²) in [6, 6.07) is 11.5. The van der Waals surface area contributed by atoms with Crippen molar-refractivity contribution < 1.29 is 28.5 Å². The Hall–Kier alpha value is -3.68. The Labute approximate surface area is 209 Å². The number of hydrogen-bond donors (Lipinski definition) is 1. The molecule has 1 fully saturated rings. The summed E-state index contributed by atoms with van der Waals surface area (Å²) in [7, 11) is 4.71. The molecular weight excluding hydrogens is 462 g/mol. The molecule has 3 aromatic rings. The zero-order chi connectivity index (χ0) is 25.8. The van der Waals surface area contributed by atoms with Gasteiger partial charge in [0, 0.05) is 30.1 Å². The number of carbonyl (C=O) groups excluding carboxylic acids is 1. The first-order valence-electron chi connectivity index (χ1n) is 12.0. The lowest BCUT2D eigenvalue weighted by molar-refractivity contribution is -0.152. The van der Waals surface area contributed by atoms with Gasteiger partial charge in [-0.25, -0.2) is 0 Å². The van der Waals surface area contributed by atoms with Crippen molar-refractivity contribution in [2.45, 2.75) is 38.2 Å². The van der Waals surface area contributed by atoms with Gasteiger partial charge >= 0.3 is 5.97 Å². The number of ether oxygens (including phenoxy) is 5. The average molecular weight is 494 g/mol. The van der Waals surface area contributed by atoms with Crippen LogP contribution in [0.1, 0.15) is 43.7 Å². The van der Waals surface area contributed by atoms with Crippen molar-refractivity contribution in [3.8, 4) is 23.0 Å². The van der Waals surface area contributed by atoms with Crippen LogP contribution in [0.3, 0.4) is 0 Å². The number of methoxy groups -OCH3 is 3. The van der Waals surface area contributed by atoms with Crippen LogP contribution in [0, 0.1) is 11.8 Å². The number of hydrogen-bond acceptors (Lipinski definition) is 7. The minimum absolute atomic E-state index is 0.0595. The minimum Gasteiger partial charge on any atom is -0.493 e. The van der Waals surface area contributed by atoms with Crippen LogP contribution in [-0.2, 0) is 9.53 Å². The summed E-state index contributed by atoms with van der Waals surface area (Å²) >= 11 is 0. The van der Waals surface area contributed by atoms with Crippen LogP contribution in [0.4, 0.5) is 0 Å². The van der Waals surface area contributed by atoms with Gasteiger partial charge in [-0.3, -0.25) is 9.59 Å². The van der Waals surface area contributed by atoms with Gasteiger partial charge in [0.25, 0.3) is 5.56 Å². The van der Waals surface area contributed by atoms with E-state index < -0.39 is 5.60 Å². The molecule has 1 N–H and O–H groups in total. The number of benzene rings is 2. The van der Waals surface area contributed by atoms with Crippen LogP contribution in [0.5, 0.6) is 23.0 Å². The van der Waals surface area contributed by atoms with Gasteiger partial charge in [0.2, 0.25) is 5.75 Å². The number of carbonyl (C=O) groups is 1. The molecule has 4 atom stereocenters. The quantitative estimate of drug-likeness (QED) is 0.509. The van der Waals surface area contributed by atoms with Crippen molar-refractivity contribution in [2.24, 2.45) is 11.8 Å². The molecule has 1 aliphatic heterocycles. The Kier molecular flexibility index (Phi) is 5.85. The lowest BCUT2D eigenvalue weighted by atomic mass is 9.48. The third-order valence-electron chi connectivity index (χ3n) is 7.66. The van der Waals surface area contributed by atoms with Crippen LogP contribution < -0.4 is 24.5 Å². The Morgan fingerprint density at radius 3 is 2.31 bits per heavy atom. The molecule has 0 bridgehead atoms. The second-order valence-electron chi connectivity index (χ2n) is 9.95. The van der Waals surface area contributed by atoms with Gasteiger partial charge in [0.1, 0.15) is 11.4 Å². The van der Waals surface area contributed by atoms with E-state index >= 15 is 0 Å². The van der Waals surface area contributed by atoms with Gasteiger partial charge in [0.05, 0.1) is 39.0 Å². The Balaban J connectivity index is 1.73. The Morgan fingerprint density at radius 1 is 1.03 bits per heavy atom. The van der Waals surface area contributed by atoms with Gasteiger partial charge in [-0.05, 0) is 49.6 Å². The molecule has 2 heterocycles. The molecule has 0 amide bonds. The van der Waals surface area contributed by atoms with E-state index in [0.29, 0.717) is 28.6 Å². The molecule has 8 nitrogen and oxygen atoms in total. The van der Waals surface area contributed by atoms with E-state index in [4.69, 9.17) is 23.7 Å². The van der Waals surface area contributed by atoms with Crippen LogP contribution >= 0.6 is 0 Å². The summed E-state index contributed by atoms with van der Waals surface area (Å²) < 4.78 is 28.8. The molecule has 1 saturated carbocycles. The second kappa shape index (κ2) is 8.76. The van der Waals surface area contributed by atoms with Crippen LogP contribution in [0.15, 0.2) is 41.2 Å². The van der Waals surface area contributed by atoms with Crippen molar-refractivity contribution in [2.75, 3.05) is 27.9 Å². The highest BCUT2D eigenvalue weighted by atomic mass is 16.5. The van der Waals surface area contributed by atoms with E-state index in [1.807, 2.05) is 50.2 Å². The predicted octanol–water partition coefficient (Wildman–Crippen LogP) is 4.40. The maximum Gasteiger partial charge on any atom is 0.302 e. The molecule has 1 aliphatic carbocycles. The second-order valence-corrected chi connectivity index (χ2v) is 9.95. The molecular formula is C28H31NO7. The molecule has 2 aliphatic rings. The smallest absolute Gasteiger partial charge is 0.302 e. The SMILES string of the molecule is COc1cc([C@@H]2[C@@H](COC(C)=O)[C@H]3[C@@H]2c2c(c4ccccc4[nH]c2=O)OC3(C)C)cc(OC)c1OC. The zero-order valence-corrected chi connectivity index (χ0v) is 21.3. The van der Waals surface area contributed by atoms with Gasteiger partial charge in [-0.2, -0.15) is 0 Å². The van der Waals surface area contributed by atoms with Crippen molar-refractivity contribution in [1.29, 1.82) is 0 Å². The fraction of sp³-hybridized carbons (Fsp3) is 0.429. The van der Waals surface area contributed by atoms with E-state index in [-0.39, 0.29) is 41.8 Å². The Morgan fingerprint density at radius 2 is 1.69 bits per heavy atom. The number of nitrogens with one attached hydrogen (secondary N) is 1. The predicted molar refractivity (Wildman–Crippen MR) is 134 cm³/mol. The number of pyridine rings is 1. The number of aromatic amines is 1. The lowest BCUT2D eigenvalue weighted by Gasteiger charge is -2.60. The number of aromatic nitrogens is 1. The normalized spacial score (nSPS) is 23.5. The summed E-state index contributed by atoms with van der Waals surface area (Å²) in [4.78, 5) is 28.3. The summed E-state index contributed by atoms with van der Waals surface area (Å²) in [5.74, 6) is 1.36. The third kappa shape index (κ3) is 3.58. The highest BCUT2D eigenvalue weighted by Crippen LogP contribution is 2.66. The maximum absolute atomic E-state index is 13.5. The molecule has 190 valence electrons. The third-order valence-corrected chi connectivity index (χ3v) is 7.66. The Bertz CT molecular complexity index is 1370. The van der Waals surface area contributed by atoms with Gasteiger partial charge < -0.3 is 28.7 Å². The van der Waals surface area contributed by atoms with Gasteiger partial charge in [-0.1, -0.05) is 12.1 Å². The number of fused-ring (bicyclic) bond motifs is 5. The number of H-pyrrole nitrogens is 1. The van der Waals surface area contributed by atoms with Gasteiger partial charge in [0.15, 0.2) is 11.5 Å². The van der Waals surface area contributed by atoms with Crippen molar-refractivity contribution in [3.05, 3.63) is 57.9 Å². The number of para-hydroxylation sites is 1. The molecule has 0 saturated heterocycles. The molecule has 0 unspecified atom stereocenters. The first-order chi connectivity index (χ1) is 17.2. The first kappa shape index (κ1) is 24.0. The van der Waals surface area contributed by atoms with E-state index in [1.165, 1.54) is 6.92 Å². The summed E-state index contributed by atoms with van der Waals surface area (Å²) in [6.45, 7) is 5.69. The lowest BCUT2D eigenvalue weighted by Crippen LogP contribution is -2.60. The van der Waals surface area contributed by atoms with E-state index in [1.54, 1.807) is 21.3 Å². The number of rotatable bonds is 6. The van der Waals surface area contributed by atoms with Crippen LogP contribution in [0.25, 0.3) is 10.9 Å². The van der Waals surface area contributed by atoms with Gasteiger partial charge in [-0.15, -0.1) is 0 Å². The van der Waals surface area contributed by atoms with Crippen molar-refractivity contribution in [1.82, 2.24) is 4.98 Å². The van der Waals surface area contributed by atoms with E-state index in [2.05, 4.69) is 4.98 Å². The average Bonchev–Trinajstić information content (AvgIpc) is 2.83. The van der Waals surface area contributed by atoms with Crippen LogP contribution in [0.2, 0.25) is 0 Å². The molecule has 8 heteroatoms. The zero-order valence-electron chi connectivity index (χ0n) is 21.3. The van der Waals surface area contributed by atoms with E-state index in [9.17, 15) is 9.59 Å². The molecule has 0 radical (unpaired) electrons. The highest BCUT2D eigenvalue weighted by molar-refractivity contribution is 5.87. The molecule has 2 aromatic carbocycles. The minimum atomic E-state index is -0.601. The molecule has 36 heavy (non-hydrogen) atoms. The first-order valence-corrected chi connectivity index (χ1v) is 12.0. The summed E-state index contributed by atoms with van der Waals surface area (Å²) in [5, 5.41) is 0.866. The standard InChI is InChI=1S/C28H31NO7/c1-14(30)35-13-17-21(15-11-19(32-4)26(34-6)20(12-15)33-5)22-23-25(36-28(2,3)24(17)22)16-9-7-8-10-18(16)29-27(23)31/h7-12,17,21-22,24H,13H2,1-6H3,(H,29,31)/t17-,21-,22+,24+/m1/s1.